The summed E-state index contributed by atoms with van der Waals surface area (Å²) in [6.07, 6.45) is 2.36. The molecule has 0 radical (unpaired) electrons. The van der Waals surface area contributed by atoms with E-state index in [1.165, 1.54) is 32.4 Å². The SMILES string of the molecule is CCOC(=O)/C=C/c1ccc(C(=O)N(C)OC)cc1[N+](=O)[O-]. The highest BCUT2D eigenvalue weighted by atomic mass is 16.7. The van der Waals surface area contributed by atoms with Gasteiger partial charge >= 0.3 is 5.97 Å². The molecule has 0 fully saturated rings. The maximum Gasteiger partial charge on any atom is 0.330 e. The van der Waals surface area contributed by atoms with Crippen molar-refractivity contribution in [2.24, 2.45) is 0 Å². The lowest BCUT2D eigenvalue weighted by Gasteiger charge is -2.13. The number of ether oxygens (including phenoxy) is 1. The Morgan fingerprint density at radius 3 is 2.64 bits per heavy atom. The number of hydroxylamine groups is 2. The summed E-state index contributed by atoms with van der Waals surface area (Å²) in [5, 5.41) is 12.1. The molecule has 0 heterocycles. The van der Waals surface area contributed by atoms with Gasteiger partial charge in [-0.15, -0.1) is 0 Å². The number of amides is 1. The first-order chi connectivity index (χ1) is 10.4. The molecular formula is C14H16N2O6. The Morgan fingerprint density at radius 2 is 2.09 bits per heavy atom. The van der Waals surface area contributed by atoms with Crippen molar-refractivity contribution in [2.75, 3.05) is 20.8 Å². The van der Waals surface area contributed by atoms with Gasteiger partial charge < -0.3 is 4.74 Å². The van der Waals surface area contributed by atoms with Crippen LogP contribution in [0.15, 0.2) is 24.3 Å². The molecule has 1 aromatic rings. The molecular weight excluding hydrogens is 292 g/mol. The molecule has 8 heteroatoms. The van der Waals surface area contributed by atoms with Crippen LogP contribution in [0.2, 0.25) is 0 Å². The third-order valence-electron chi connectivity index (χ3n) is 2.72. The Labute approximate surface area is 127 Å². The largest absolute Gasteiger partial charge is 0.463 e. The highest BCUT2D eigenvalue weighted by Gasteiger charge is 2.18. The molecule has 1 amide bonds. The fourth-order valence-electron chi connectivity index (χ4n) is 1.59. The van der Waals surface area contributed by atoms with Gasteiger partial charge in [0.25, 0.3) is 11.6 Å². The van der Waals surface area contributed by atoms with Crippen molar-refractivity contribution in [3.05, 3.63) is 45.5 Å². The zero-order valence-corrected chi connectivity index (χ0v) is 12.4. The van der Waals surface area contributed by atoms with Crippen molar-refractivity contribution in [3.63, 3.8) is 0 Å². The van der Waals surface area contributed by atoms with E-state index in [2.05, 4.69) is 0 Å². The third-order valence-corrected chi connectivity index (χ3v) is 2.72. The smallest absolute Gasteiger partial charge is 0.330 e. The first kappa shape index (κ1) is 17.3. The summed E-state index contributed by atoms with van der Waals surface area (Å²) in [4.78, 5) is 38.4. The molecule has 0 aliphatic rings. The quantitative estimate of drug-likeness (QED) is 0.344. The van der Waals surface area contributed by atoms with Gasteiger partial charge in [0.1, 0.15) is 0 Å². The van der Waals surface area contributed by atoms with Crippen LogP contribution in [0.4, 0.5) is 5.69 Å². The van der Waals surface area contributed by atoms with Gasteiger partial charge in [-0.3, -0.25) is 19.7 Å². The Kier molecular flexibility index (Phi) is 6.21. The van der Waals surface area contributed by atoms with Crippen LogP contribution in [-0.2, 0) is 14.4 Å². The fraction of sp³-hybridized carbons (Fsp3) is 0.286. The molecule has 0 saturated carbocycles. The Morgan fingerprint density at radius 1 is 1.41 bits per heavy atom. The van der Waals surface area contributed by atoms with Crippen LogP contribution in [0.25, 0.3) is 6.08 Å². The van der Waals surface area contributed by atoms with E-state index in [-0.39, 0.29) is 23.4 Å². The van der Waals surface area contributed by atoms with Gasteiger partial charge in [-0.2, -0.15) is 0 Å². The zero-order valence-electron chi connectivity index (χ0n) is 12.4. The molecule has 0 aliphatic carbocycles. The highest BCUT2D eigenvalue weighted by Crippen LogP contribution is 2.22. The number of carbonyl (C=O) groups excluding carboxylic acids is 2. The maximum atomic E-state index is 11.9. The molecule has 1 aromatic carbocycles. The number of nitro groups is 1. The summed E-state index contributed by atoms with van der Waals surface area (Å²) >= 11 is 0. The summed E-state index contributed by atoms with van der Waals surface area (Å²) in [5.41, 5.74) is -0.00471. The summed E-state index contributed by atoms with van der Waals surface area (Å²) < 4.78 is 4.70. The first-order valence-corrected chi connectivity index (χ1v) is 6.36. The van der Waals surface area contributed by atoms with Gasteiger partial charge in [0.05, 0.1) is 24.2 Å². The zero-order chi connectivity index (χ0) is 16.7. The van der Waals surface area contributed by atoms with Crippen LogP contribution in [-0.4, -0.2) is 42.6 Å². The molecule has 0 unspecified atom stereocenters. The predicted octanol–water partition coefficient (Wildman–Crippen LogP) is 1.80. The number of hydrogen-bond donors (Lipinski definition) is 0. The Balaban J connectivity index is 3.13. The molecule has 8 nitrogen and oxygen atoms in total. The van der Waals surface area contributed by atoms with Gasteiger partial charge in [-0.1, -0.05) is 0 Å². The van der Waals surface area contributed by atoms with Crippen LogP contribution in [0, 0.1) is 10.1 Å². The number of benzene rings is 1. The highest BCUT2D eigenvalue weighted by molar-refractivity contribution is 5.95. The van der Waals surface area contributed by atoms with E-state index in [1.807, 2.05) is 0 Å². The lowest BCUT2D eigenvalue weighted by molar-refractivity contribution is -0.385. The standard InChI is InChI=1S/C14H16N2O6/c1-4-22-13(17)8-7-10-5-6-11(9-12(10)16(19)20)14(18)15(2)21-3/h5-9H,4H2,1-3H3/b8-7+. The van der Waals surface area contributed by atoms with E-state index in [0.717, 1.165) is 17.2 Å². The van der Waals surface area contributed by atoms with Crippen LogP contribution >= 0.6 is 0 Å². The van der Waals surface area contributed by atoms with E-state index < -0.39 is 16.8 Å². The van der Waals surface area contributed by atoms with E-state index >= 15 is 0 Å². The Bertz CT molecular complexity index is 611. The molecule has 0 N–H and O–H groups in total. The van der Waals surface area contributed by atoms with Crippen molar-refractivity contribution in [3.8, 4) is 0 Å². The lowest BCUT2D eigenvalue weighted by atomic mass is 10.1. The van der Waals surface area contributed by atoms with Crippen LogP contribution < -0.4 is 0 Å². The van der Waals surface area contributed by atoms with E-state index in [4.69, 9.17) is 9.57 Å². The average molecular weight is 308 g/mol. The lowest BCUT2D eigenvalue weighted by Crippen LogP contribution is -2.25. The molecule has 0 aromatic heterocycles. The van der Waals surface area contributed by atoms with Crippen molar-refractivity contribution in [1.82, 2.24) is 5.06 Å². The van der Waals surface area contributed by atoms with Crippen LogP contribution in [0.3, 0.4) is 0 Å². The van der Waals surface area contributed by atoms with Crippen LogP contribution in [0.1, 0.15) is 22.8 Å². The molecule has 22 heavy (non-hydrogen) atoms. The second-order valence-electron chi connectivity index (χ2n) is 4.10. The molecule has 1 rings (SSSR count). The van der Waals surface area contributed by atoms with Crippen molar-refractivity contribution < 1.29 is 24.1 Å². The number of hydrogen-bond acceptors (Lipinski definition) is 6. The minimum absolute atomic E-state index is 0.101. The van der Waals surface area contributed by atoms with Crippen molar-refractivity contribution >= 4 is 23.6 Å². The van der Waals surface area contributed by atoms with Gasteiger partial charge in [0.15, 0.2) is 0 Å². The summed E-state index contributed by atoms with van der Waals surface area (Å²) in [6, 6.07) is 3.92. The topological polar surface area (TPSA) is 99.0 Å². The molecule has 0 bridgehead atoms. The van der Waals surface area contributed by atoms with Crippen LogP contribution in [0.5, 0.6) is 0 Å². The normalized spacial score (nSPS) is 10.5. The number of rotatable bonds is 6. The molecule has 0 atom stereocenters. The predicted molar refractivity (Wildman–Crippen MR) is 77.9 cm³/mol. The number of nitro benzene ring substituents is 1. The van der Waals surface area contributed by atoms with Crippen molar-refractivity contribution in [1.29, 1.82) is 0 Å². The molecule has 0 saturated heterocycles. The maximum absolute atomic E-state index is 11.9. The summed E-state index contributed by atoms with van der Waals surface area (Å²) in [7, 11) is 2.70. The number of nitrogens with zero attached hydrogens (tertiary/aromatic N) is 2. The first-order valence-electron chi connectivity index (χ1n) is 6.36. The summed E-state index contributed by atoms with van der Waals surface area (Å²) in [5.74, 6) is -1.12. The van der Waals surface area contributed by atoms with E-state index in [0.29, 0.717) is 0 Å². The fourth-order valence-corrected chi connectivity index (χ4v) is 1.59. The summed E-state index contributed by atoms with van der Waals surface area (Å²) in [6.45, 7) is 1.86. The van der Waals surface area contributed by atoms with Gasteiger partial charge in [-0.25, -0.2) is 9.86 Å². The Hall–Kier alpha value is -2.74. The molecule has 0 spiro atoms. The van der Waals surface area contributed by atoms with Gasteiger partial charge in [-0.05, 0) is 25.1 Å². The third kappa shape index (κ3) is 4.38. The minimum atomic E-state index is -0.631. The number of esters is 1. The molecule has 118 valence electrons. The van der Waals surface area contributed by atoms with E-state index in [9.17, 15) is 19.7 Å². The second-order valence-corrected chi connectivity index (χ2v) is 4.10. The monoisotopic (exact) mass is 308 g/mol. The van der Waals surface area contributed by atoms with Gasteiger partial charge in [0, 0.05) is 24.8 Å². The average Bonchev–Trinajstić information content (AvgIpc) is 2.51. The van der Waals surface area contributed by atoms with Gasteiger partial charge in [0.2, 0.25) is 0 Å². The van der Waals surface area contributed by atoms with Crippen molar-refractivity contribution in [2.45, 2.75) is 6.92 Å². The number of carbonyl (C=O) groups is 2. The van der Waals surface area contributed by atoms with E-state index in [1.54, 1.807) is 6.92 Å². The minimum Gasteiger partial charge on any atom is -0.463 e. The molecule has 0 aliphatic heterocycles. The second kappa shape index (κ2) is 7.89.